The maximum Gasteiger partial charge on any atom is 0.318 e. The molecule has 2 amide bonds. The molecule has 1 aromatic rings. The van der Waals surface area contributed by atoms with Crippen molar-refractivity contribution in [3.8, 4) is 0 Å². The van der Waals surface area contributed by atoms with E-state index in [0.29, 0.717) is 19.7 Å². The minimum Gasteiger partial charge on any atom is -0.481 e. The van der Waals surface area contributed by atoms with Gasteiger partial charge in [0, 0.05) is 24.8 Å². The molecule has 1 saturated heterocycles. The molecule has 1 aromatic heterocycles. The SMILES string of the molecule is O=C(O)CC1COCCN1C(=O)NCc1cn[nH]c1. The summed E-state index contributed by atoms with van der Waals surface area (Å²) in [5, 5.41) is 18.0. The van der Waals surface area contributed by atoms with Crippen LogP contribution < -0.4 is 5.32 Å². The van der Waals surface area contributed by atoms with Crippen LogP contribution in [0.1, 0.15) is 12.0 Å². The molecule has 0 radical (unpaired) electrons. The number of H-pyrrole nitrogens is 1. The zero-order chi connectivity index (χ0) is 13.7. The summed E-state index contributed by atoms with van der Waals surface area (Å²) in [4.78, 5) is 24.3. The zero-order valence-corrected chi connectivity index (χ0v) is 10.3. The Kier molecular flexibility index (Phi) is 4.35. The van der Waals surface area contributed by atoms with Crippen LogP contribution in [0.4, 0.5) is 4.79 Å². The summed E-state index contributed by atoms with van der Waals surface area (Å²) in [6.45, 7) is 1.43. The second-order valence-corrected chi connectivity index (χ2v) is 4.29. The molecule has 0 saturated carbocycles. The highest BCUT2D eigenvalue weighted by molar-refractivity contribution is 5.76. The smallest absolute Gasteiger partial charge is 0.318 e. The summed E-state index contributed by atoms with van der Waals surface area (Å²) in [7, 11) is 0. The predicted octanol–water partition coefficient (Wildman–Crippen LogP) is -0.205. The highest BCUT2D eigenvalue weighted by Gasteiger charge is 2.28. The lowest BCUT2D eigenvalue weighted by Crippen LogP contribution is -2.52. The van der Waals surface area contributed by atoms with E-state index in [1.165, 1.54) is 4.90 Å². The van der Waals surface area contributed by atoms with E-state index < -0.39 is 12.0 Å². The van der Waals surface area contributed by atoms with Crippen LogP contribution in [0, 0.1) is 0 Å². The van der Waals surface area contributed by atoms with Crippen LogP contribution in [-0.4, -0.2) is 58.0 Å². The molecule has 0 bridgehead atoms. The van der Waals surface area contributed by atoms with Crippen LogP contribution in [0.3, 0.4) is 0 Å². The summed E-state index contributed by atoms with van der Waals surface area (Å²) in [5.74, 6) is -0.942. The highest BCUT2D eigenvalue weighted by atomic mass is 16.5. The topological polar surface area (TPSA) is 108 Å². The third kappa shape index (κ3) is 3.68. The van der Waals surface area contributed by atoms with Crippen molar-refractivity contribution in [3.63, 3.8) is 0 Å². The molecule has 1 fully saturated rings. The maximum atomic E-state index is 12.0. The van der Waals surface area contributed by atoms with Gasteiger partial charge in [0.1, 0.15) is 0 Å². The molecule has 0 aliphatic carbocycles. The minimum absolute atomic E-state index is 0.112. The number of carbonyl (C=O) groups excluding carboxylic acids is 1. The Morgan fingerprint density at radius 3 is 3.16 bits per heavy atom. The lowest BCUT2D eigenvalue weighted by atomic mass is 10.1. The van der Waals surface area contributed by atoms with Gasteiger partial charge in [-0.25, -0.2) is 4.79 Å². The number of urea groups is 1. The summed E-state index contributed by atoms with van der Waals surface area (Å²) in [6.07, 6.45) is 3.20. The van der Waals surface area contributed by atoms with E-state index in [1.807, 2.05) is 0 Å². The van der Waals surface area contributed by atoms with Gasteiger partial charge < -0.3 is 20.1 Å². The number of aliphatic carboxylic acids is 1. The molecule has 0 spiro atoms. The predicted molar refractivity (Wildman–Crippen MR) is 64.4 cm³/mol. The largest absolute Gasteiger partial charge is 0.481 e. The van der Waals surface area contributed by atoms with Gasteiger partial charge in [0.25, 0.3) is 0 Å². The number of ether oxygens (including phenoxy) is 1. The van der Waals surface area contributed by atoms with Crippen molar-refractivity contribution in [2.75, 3.05) is 19.8 Å². The molecule has 3 N–H and O–H groups in total. The van der Waals surface area contributed by atoms with Crippen molar-refractivity contribution in [2.45, 2.75) is 19.0 Å². The molecule has 2 rings (SSSR count). The molecule has 8 nitrogen and oxygen atoms in total. The average Bonchev–Trinajstić information content (AvgIpc) is 2.89. The number of nitrogens with one attached hydrogen (secondary N) is 2. The fraction of sp³-hybridized carbons (Fsp3) is 0.545. The van der Waals surface area contributed by atoms with Gasteiger partial charge in [0.05, 0.1) is 31.9 Å². The fourth-order valence-corrected chi connectivity index (χ4v) is 1.95. The van der Waals surface area contributed by atoms with Crippen LogP contribution in [0.15, 0.2) is 12.4 Å². The molecule has 0 aromatic carbocycles. The standard InChI is InChI=1S/C11H16N4O4/c16-10(17)3-9-7-19-2-1-15(9)11(18)12-4-8-5-13-14-6-8/h5-6,9H,1-4,7H2,(H,12,18)(H,13,14)(H,16,17). The van der Waals surface area contributed by atoms with Crippen molar-refractivity contribution in [3.05, 3.63) is 18.0 Å². The van der Waals surface area contributed by atoms with Crippen LogP contribution >= 0.6 is 0 Å². The monoisotopic (exact) mass is 268 g/mol. The van der Waals surface area contributed by atoms with Gasteiger partial charge in [-0.05, 0) is 0 Å². The number of hydrogen-bond donors (Lipinski definition) is 3. The summed E-state index contributed by atoms with van der Waals surface area (Å²) < 4.78 is 5.21. The molecule has 1 unspecified atom stereocenters. The number of carboxylic acid groups (broad SMARTS) is 1. The molecule has 1 aliphatic heterocycles. The quantitative estimate of drug-likeness (QED) is 0.700. The van der Waals surface area contributed by atoms with Crippen LogP contribution in [-0.2, 0) is 16.1 Å². The van der Waals surface area contributed by atoms with Crippen molar-refractivity contribution in [1.29, 1.82) is 0 Å². The number of amides is 2. The van der Waals surface area contributed by atoms with Gasteiger partial charge in [-0.3, -0.25) is 9.89 Å². The van der Waals surface area contributed by atoms with Crippen LogP contribution in [0.5, 0.6) is 0 Å². The summed E-state index contributed by atoms with van der Waals surface area (Å²) in [5.41, 5.74) is 0.858. The molecule has 104 valence electrons. The minimum atomic E-state index is -0.942. The number of morpholine rings is 1. The zero-order valence-electron chi connectivity index (χ0n) is 10.3. The van der Waals surface area contributed by atoms with Crippen LogP contribution in [0.25, 0.3) is 0 Å². The Labute approximate surface area is 109 Å². The average molecular weight is 268 g/mol. The third-order valence-electron chi connectivity index (χ3n) is 2.90. The fourth-order valence-electron chi connectivity index (χ4n) is 1.95. The maximum absolute atomic E-state index is 12.0. The van der Waals surface area contributed by atoms with E-state index in [1.54, 1.807) is 12.4 Å². The number of rotatable bonds is 4. The van der Waals surface area contributed by atoms with Gasteiger partial charge in [-0.1, -0.05) is 0 Å². The second-order valence-electron chi connectivity index (χ2n) is 4.29. The Hall–Kier alpha value is -2.09. The van der Waals surface area contributed by atoms with Gasteiger partial charge in [-0.2, -0.15) is 5.10 Å². The van der Waals surface area contributed by atoms with Gasteiger partial charge >= 0.3 is 12.0 Å². The number of hydrogen-bond acceptors (Lipinski definition) is 4. The molecule has 1 atom stereocenters. The van der Waals surface area contributed by atoms with E-state index in [-0.39, 0.29) is 19.1 Å². The van der Waals surface area contributed by atoms with Gasteiger partial charge in [0.15, 0.2) is 0 Å². The number of carbonyl (C=O) groups is 2. The Morgan fingerprint density at radius 2 is 2.47 bits per heavy atom. The molecule has 2 heterocycles. The molecule has 8 heteroatoms. The van der Waals surface area contributed by atoms with E-state index in [2.05, 4.69) is 15.5 Å². The first-order valence-electron chi connectivity index (χ1n) is 5.98. The molecular weight excluding hydrogens is 252 g/mol. The van der Waals surface area contributed by atoms with Crippen LogP contribution in [0.2, 0.25) is 0 Å². The van der Waals surface area contributed by atoms with Crippen molar-refractivity contribution in [2.24, 2.45) is 0 Å². The first-order chi connectivity index (χ1) is 9.16. The Balaban J connectivity index is 1.89. The number of aromatic amines is 1. The third-order valence-corrected chi connectivity index (χ3v) is 2.90. The van der Waals surface area contributed by atoms with E-state index >= 15 is 0 Å². The second kappa shape index (κ2) is 6.19. The van der Waals surface area contributed by atoms with Gasteiger partial charge in [-0.15, -0.1) is 0 Å². The van der Waals surface area contributed by atoms with Gasteiger partial charge in [0.2, 0.25) is 0 Å². The number of aromatic nitrogens is 2. The molecule has 1 aliphatic rings. The number of nitrogens with zero attached hydrogens (tertiary/aromatic N) is 2. The van der Waals surface area contributed by atoms with Crippen molar-refractivity contribution in [1.82, 2.24) is 20.4 Å². The lowest BCUT2D eigenvalue weighted by Gasteiger charge is -2.34. The Morgan fingerprint density at radius 1 is 1.63 bits per heavy atom. The van der Waals surface area contributed by atoms with Crippen molar-refractivity contribution >= 4 is 12.0 Å². The highest BCUT2D eigenvalue weighted by Crippen LogP contribution is 2.11. The normalized spacial score (nSPS) is 19.2. The van der Waals surface area contributed by atoms with E-state index in [4.69, 9.17) is 9.84 Å². The lowest BCUT2D eigenvalue weighted by molar-refractivity contribution is -0.139. The first kappa shape index (κ1) is 13.3. The van der Waals surface area contributed by atoms with E-state index in [0.717, 1.165) is 5.56 Å². The summed E-state index contributed by atoms with van der Waals surface area (Å²) >= 11 is 0. The number of carboxylic acids is 1. The molecular formula is C11H16N4O4. The Bertz CT molecular complexity index is 434. The summed E-state index contributed by atoms with van der Waals surface area (Å²) in [6, 6.07) is -0.702. The van der Waals surface area contributed by atoms with Crippen molar-refractivity contribution < 1.29 is 19.4 Å². The first-order valence-corrected chi connectivity index (χ1v) is 5.98. The molecule has 19 heavy (non-hydrogen) atoms. The van der Waals surface area contributed by atoms with E-state index in [9.17, 15) is 9.59 Å².